The first kappa shape index (κ1) is 13.0. The van der Waals surface area contributed by atoms with Gasteiger partial charge in [0.1, 0.15) is 0 Å². The van der Waals surface area contributed by atoms with Gasteiger partial charge in [0.2, 0.25) is 0 Å². The Hall–Kier alpha value is -0.0800. The standard InChI is InChI=1S/C13H28N2/c1-13(2,3)15-10-5-9-14-11-8-12-6-4-7-12/h12,14-15H,4-11H2,1-3H3. The minimum absolute atomic E-state index is 0.270. The Morgan fingerprint density at radius 3 is 2.33 bits per heavy atom. The topological polar surface area (TPSA) is 24.1 Å². The van der Waals surface area contributed by atoms with E-state index in [0.29, 0.717) is 0 Å². The molecule has 1 saturated carbocycles. The molecule has 0 unspecified atom stereocenters. The molecule has 0 aromatic carbocycles. The van der Waals surface area contributed by atoms with Gasteiger partial charge in [0.25, 0.3) is 0 Å². The van der Waals surface area contributed by atoms with Gasteiger partial charge in [-0.1, -0.05) is 19.3 Å². The molecule has 2 N–H and O–H groups in total. The zero-order valence-electron chi connectivity index (χ0n) is 10.7. The van der Waals surface area contributed by atoms with E-state index in [0.717, 1.165) is 19.0 Å². The molecule has 0 bridgehead atoms. The van der Waals surface area contributed by atoms with E-state index in [1.807, 2.05) is 0 Å². The van der Waals surface area contributed by atoms with Crippen molar-refractivity contribution >= 4 is 0 Å². The first-order valence-corrected chi connectivity index (χ1v) is 6.54. The quantitative estimate of drug-likeness (QED) is 0.634. The number of hydrogen-bond acceptors (Lipinski definition) is 2. The van der Waals surface area contributed by atoms with Crippen LogP contribution in [0.3, 0.4) is 0 Å². The smallest absolute Gasteiger partial charge is 0.00965 e. The molecule has 0 aliphatic heterocycles. The van der Waals surface area contributed by atoms with Gasteiger partial charge in [-0.3, -0.25) is 0 Å². The predicted octanol–water partition coefficient (Wildman–Crippen LogP) is 2.54. The van der Waals surface area contributed by atoms with Crippen LogP contribution in [-0.2, 0) is 0 Å². The second-order valence-corrected chi connectivity index (χ2v) is 5.87. The van der Waals surface area contributed by atoms with Crippen LogP contribution < -0.4 is 10.6 Å². The summed E-state index contributed by atoms with van der Waals surface area (Å²) in [6, 6.07) is 0. The molecule has 2 heteroatoms. The first-order valence-electron chi connectivity index (χ1n) is 6.54. The third-order valence-corrected chi connectivity index (χ3v) is 3.14. The second kappa shape index (κ2) is 6.49. The average Bonchev–Trinajstić information content (AvgIpc) is 2.04. The highest BCUT2D eigenvalue weighted by atomic mass is 14.9. The number of nitrogens with one attached hydrogen (secondary N) is 2. The van der Waals surface area contributed by atoms with Crippen molar-refractivity contribution < 1.29 is 0 Å². The number of rotatable bonds is 7. The molecule has 0 amide bonds. The summed E-state index contributed by atoms with van der Waals surface area (Å²) in [4.78, 5) is 0. The van der Waals surface area contributed by atoms with Crippen molar-refractivity contribution in [3.8, 4) is 0 Å². The van der Waals surface area contributed by atoms with Crippen LogP contribution >= 0.6 is 0 Å². The zero-order valence-corrected chi connectivity index (χ0v) is 10.7. The molecule has 1 aliphatic rings. The van der Waals surface area contributed by atoms with E-state index in [-0.39, 0.29) is 5.54 Å². The van der Waals surface area contributed by atoms with Crippen LogP contribution in [0.25, 0.3) is 0 Å². The van der Waals surface area contributed by atoms with E-state index in [1.54, 1.807) is 0 Å². The highest BCUT2D eigenvalue weighted by Crippen LogP contribution is 2.28. The molecule has 0 spiro atoms. The van der Waals surface area contributed by atoms with Gasteiger partial charge in [0.05, 0.1) is 0 Å². The summed E-state index contributed by atoms with van der Waals surface area (Å²) < 4.78 is 0. The highest BCUT2D eigenvalue weighted by Gasteiger charge is 2.15. The normalized spacial score (nSPS) is 17.8. The molecule has 0 aromatic heterocycles. The van der Waals surface area contributed by atoms with Gasteiger partial charge in [-0.25, -0.2) is 0 Å². The molecule has 15 heavy (non-hydrogen) atoms. The molecule has 1 rings (SSSR count). The Labute approximate surface area is 95.2 Å². The van der Waals surface area contributed by atoms with Crippen LogP contribution in [0, 0.1) is 5.92 Å². The van der Waals surface area contributed by atoms with Gasteiger partial charge in [-0.05, 0) is 59.2 Å². The maximum atomic E-state index is 3.53. The van der Waals surface area contributed by atoms with Gasteiger partial charge in [0.15, 0.2) is 0 Å². The predicted molar refractivity (Wildman–Crippen MR) is 67.2 cm³/mol. The summed E-state index contributed by atoms with van der Waals surface area (Å²) in [5, 5.41) is 7.03. The monoisotopic (exact) mass is 212 g/mol. The van der Waals surface area contributed by atoms with Gasteiger partial charge in [0, 0.05) is 5.54 Å². The molecule has 0 atom stereocenters. The Morgan fingerprint density at radius 2 is 1.80 bits per heavy atom. The largest absolute Gasteiger partial charge is 0.317 e. The van der Waals surface area contributed by atoms with Crippen molar-refractivity contribution in [1.82, 2.24) is 10.6 Å². The fourth-order valence-corrected chi connectivity index (χ4v) is 1.89. The highest BCUT2D eigenvalue weighted by molar-refractivity contribution is 4.71. The maximum absolute atomic E-state index is 3.53. The summed E-state index contributed by atoms with van der Waals surface area (Å²) >= 11 is 0. The lowest BCUT2D eigenvalue weighted by atomic mass is 9.83. The van der Waals surface area contributed by atoms with Gasteiger partial charge in [-0.2, -0.15) is 0 Å². The molecular formula is C13H28N2. The Bertz CT molecular complexity index is 156. The van der Waals surface area contributed by atoms with Crippen LogP contribution in [0.2, 0.25) is 0 Å². The lowest BCUT2D eigenvalue weighted by molar-refractivity contribution is 0.292. The molecule has 0 radical (unpaired) electrons. The van der Waals surface area contributed by atoms with E-state index in [9.17, 15) is 0 Å². The lowest BCUT2D eigenvalue weighted by Crippen LogP contribution is -2.37. The summed E-state index contributed by atoms with van der Waals surface area (Å²) in [6.45, 7) is 10.2. The van der Waals surface area contributed by atoms with Crippen molar-refractivity contribution in [3.63, 3.8) is 0 Å². The third kappa shape index (κ3) is 6.91. The van der Waals surface area contributed by atoms with Crippen molar-refractivity contribution in [1.29, 1.82) is 0 Å². The second-order valence-electron chi connectivity index (χ2n) is 5.87. The molecule has 1 fully saturated rings. The number of hydrogen-bond donors (Lipinski definition) is 2. The Morgan fingerprint density at radius 1 is 1.07 bits per heavy atom. The van der Waals surface area contributed by atoms with E-state index < -0.39 is 0 Å². The molecule has 2 nitrogen and oxygen atoms in total. The summed E-state index contributed by atoms with van der Waals surface area (Å²) in [5.74, 6) is 1.05. The van der Waals surface area contributed by atoms with Crippen LogP contribution in [-0.4, -0.2) is 25.2 Å². The summed E-state index contributed by atoms with van der Waals surface area (Å²) in [6.07, 6.45) is 7.06. The molecular weight excluding hydrogens is 184 g/mol. The summed E-state index contributed by atoms with van der Waals surface area (Å²) in [7, 11) is 0. The van der Waals surface area contributed by atoms with Gasteiger partial charge >= 0.3 is 0 Å². The van der Waals surface area contributed by atoms with Crippen LogP contribution in [0.4, 0.5) is 0 Å². The maximum Gasteiger partial charge on any atom is 0.00965 e. The molecule has 1 aliphatic carbocycles. The van der Waals surface area contributed by atoms with E-state index in [1.165, 1.54) is 38.6 Å². The van der Waals surface area contributed by atoms with Crippen molar-refractivity contribution in [3.05, 3.63) is 0 Å². The average molecular weight is 212 g/mol. The van der Waals surface area contributed by atoms with Crippen molar-refractivity contribution in [2.24, 2.45) is 5.92 Å². The van der Waals surface area contributed by atoms with Crippen molar-refractivity contribution in [2.75, 3.05) is 19.6 Å². The molecule has 0 aromatic rings. The zero-order chi connectivity index (χ0) is 11.1. The Balaban J connectivity index is 1.76. The van der Waals surface area contributed by atoms with Crippen LogP contribution in [0.1, 0.15) is 52.9 Å². The SMILES string of the molecule is CC(C)(C)NCCCNCCC1CCC1. The third-order valence-electron chi connectivity index (χ3n) is 3.14. The van der Waals surface area contributed by atoms with E-state index in [2.05, 4.69) is 31.4 Å². The van der Waals surface area contributed by atoms with E-state index >= 15 is 0 Å². The Kier molecular flexibility index (Phi) is 5.62. The first-order chi connectivity index (χ1) is 7.08. The summed E-state index contributed by atoms with van der Waals surface area (Å²) in [5.41, 5.74) is 0.270. The van der Waals surface area contributed by atoms with Crippen molar-refractivity contribution in [2.45, 2.75) is 58.4 Å². The fraction of sp³-hybridized carbons (Fsp3) is 1.00. The van der Waals surface area contributed by atoms with Gasteiger partial charge < -0.3 is 10.6 Å². The minimum Gasteiger partial charge on any atom is -0.317 e. The molecule has 90 valence electrons. The van der Waals surface area contributed by atoms with Crippen LogP contribution in [0.5, 0.6) is 0 Å². The molecule has 0 heterocycles. The lowest BCUT2D eigenvalue weighted by Gasteiger charge is -2.25. The van der Waals surface area contributed by atoms with Crippen LogP contribution in [0.15, 0.2) is 0 Å². The minimum atomic E-state index is 0.270. The van der Waals surface area contributed by atoms with Gasteiger partial charge in [-0.15, -0.1) is 0 Å². The fourth-order valence-electron chi connectivity index (χ4n) is 1.89. The molecule has 0 saturated heterocycles. The van der Waals surface area contributed by atoms with E-state index in [4.69, 9.17) is 0 Å².